The molecule has 0 aromatic heterocycles. The first-order valence-electron chi connectivity index (χ1n) is 12.4. The minimum atomic E-state index is 0.358. The van der Waals surface area contributed by atoms with Gasteiger partial charge in [-0.3, -0.25) is 0 Å². The second-order valence-corrected chi connectivity index (χ2v) is 8.57. The number of hydrogen-bond donors (Lipinski definition) is 2. The van der Waals surface area contributed by atoms with Gasteiger partial charge < -0.3 is 10.3 Å². The second-order valence-electron chi connectivity index (χ2n) is 8.57. The first kappa shape index (κ1) is 26.1. The third kappa shape index (κ3) is 17.7. The molecule has 0 saturated heterocycles. The molecule has 0 amide bonds. The van der Waals surface area contributed by atoms with Crippen molar-refractivity contribution >= 4 is 0 Å². The molecule has 1 aromatic carbocycles. The van der Waals surface area contributed by atoms with Gasteiger partial charge in [0, 0.05) is 19.7 Å². The van der Waals surface area contributed by atoms with E-state index in [2.05, 4.69) is 24.3 Å². The highest BCUT2D eigenvalue weighted by Gasteiger charge is 2.01. The Balaban J connectivity index is 1.73. The summed E-state index contributed by atoms with van der Waals surface area (Å²) in [6.07, 6.45) is 21.9. The van der Waals surface area contributed by atoms with Gasteiger partial charge in [0.25, 0.3) is 0 Å². The maximum Gasteiger partial charge on any atom is 0.0431 e. The molecule has 0 heterocycles. The van der Waals surface area contributed by atoms with Crippen molar-refractivity contribution < 1.29 is 10.3 Å². The van der Waals surface area contributed by atoms with E-state index in [4.69, 9.17) is 5.11 Å². The summed E-state index contributed by atoms with van der Waals surface area (Å²) in [6, 6.07) is 10.4. The molecular formula is C26H47NO2. The molecular weight excluding hydrogens is 358 g/mol. The van der Waals surface area contributed by atoms with Crippen LogP contribution in [-0.2, 0) is 6.42 Å². The molecule has 2 N–H and O–H groups in total. The van der Waals surface area contributed by atoms with E-state index in [0.717, 1.165) is 32.4 Å². The Morgan fingerprint density at radius 2 is 0.931 bits per heavy atom. The lowest BCUT2D eigenvalue weighted by atomic mass is 10.0. The van der Waals surface area contributed by atoms with Gasteiger partial charge in [-0.1, -0.05) is 120 Å². The summed E-state index contributed by atoms with van der Waals surface area (Å²) < 4.78 is 0. The number of hydrogen-bond acceptors (Lipinski definition) is 3. The van der Waals surface area contributed by atoms with Crippen LogP contribution in [0.1, 0.15) is 108 Å². The zero-order valence-electron chi connectivity index (χ0n) is 18.9. The molecule has 29 heavy (non-hydrogen) atoms. The van der Waals surface area contributed by atoms with Gasteiger partial charge in [0.1, 0.15) is 0 Å². The second kappa shape index (κ2) is 20.4. The maximum atomic E-state index is 9.96. The number of unbranched alkanes of at least 4 members (excludes halogenated alkanes) is 15. The fourth-order valence-electron chi connectivity index (χ4n) is 3.90. The minimum absolute atomic E-state index is 0.358. The maximum absolute atomic E-state index is 9.96. The van der Waals surface area contributed by atoms with Gasteiger partial charge in [-0.05, 0) is 24.8 Å². The van der Waals surface area contributed by atoms with Gasteiger partial charge in [0.05, 0.1) is 0 Å². The van der Waals surface area contributed by atoms with Crippen LogP contribution in [0.5, 0.6) is 0 Å². The summed E-state index contributed by atoms with van der Waals surface area (Å²) in [5, 5.41) is 20.2. The van der Waals surface area contributed by atoms with Crippen LogP contribution in [0.3, 0.4) is 0 Å². The molecule has 0 saturated carbocycles. The number of aliphatic hydroxyl groups excluding tert-OH is 1. The lowest BCUT2D eigenvalue weighted by molar-refractivity contribution is -0.0905. The number of aliphatic hydroxyl groups is 1. The van der Waals surface area contributed by atoms with Crippen LogP contribution in [-0.4, -0.2) is 35.1 Å². The summed E-state index contributed by atoms with van der Waals surface area (Å²) >= 11 is 0. The van der Waals surface area contributed by atoms with Gasteiger partial charge in [0.15, 0.2) is 0 Å². The molecule has 0 radical (unpaired) electrons. The molecule has 0 aliphatic carbocycles. The van der Waals surface area contributed by atoms with Gasteiger partial charge in [-0.15, -0.1) is 0 Å². The molecule has 168 valence electrons. The van der Waals surface area contributed by atoms with E-state index in [1.165, 1.54) is 101 Å². The van der Waals surface area contributed by atoms with Crippen molar-refractivity contribution in [1.82, 2.24) is 5.06 Å². The van der Waals surface area contributed by atoms with E-state index in [1.54, 1.807) is 0 Å². The van der Waals surface area contributed by atoms with Crippen LogP contribution in [0.25, 0.3) is 0 Å². The normalized spacial score (nSPS) is 11.4. The molecule has 0 aliphatic heterocycles. The van der Waals surface area contributed by atoms with E-state index >= 15 is 0 Å². The average molecular weight is 406 g/mol. The highest BCUT2D eigenvalue weighted by atomic mass is 16.5. The monoisotopic (exact) mass is 405 g/mol. The van der Waals surface area contributed by atoms with E-state index in [9.17, 15) is 5.21 Å². The highest BCUT2D eigenvalue weighted by Crippen LogP contribution is 2.13. The molecule has 0 aliphatic rings. The number of benzene rings is 1. The molecule has 1 rings (SSSR count). The van der Waals surface area contributed by atoms with Crippen molar-refractivity contribution in [2.75, 3.05) is 19.7 Å². The Hall–Kier alpha value is -0.900. The fraction of sp³-hybridized carbons (Fsp3) is 0.769. The Morgan fingerprint density at radius 3 is 1.38 bits per heavy atom. The topological polar surface area (TPSA) is 43.7 Å². The molecule has 0 atom stereocenters. The van der Waals surface area contributed by atoms with Crippen LogP contribution in [0.2, 0.25) is 0 Å². The van der Waals surface area contributed by atoms with Crippen LogP contribution in [0.4, 0.5) is 0 Å². The first-order valence-corrected chi connectivity index (χ1v) is 12.4. The molecule has 1 aromatic rings. The van der Waals surface area contributed by atoms with Gasteiger partial charge in [0.2, 0.25) is 0 Å². The SMILES string of the molecule is OCCCCCCCCCCCCCCCCCCN(O)CCc1ccccc1. The number of hydroxylamine groups is 2. The van der Waals surface area contributed by atoms with E-state index < -0.39 is 0 Å². The lowest BCUT2D eigenvalue weighted by Gasteiger charge is -2.14. The average Bonchev–Trinajstić information content (AvgIpc) is 2.75. The van der Waals surface area contributed by atoms with Crippen molar-refractivity contribution in [2.45, 2.75) is 109 Å². The Morgan fingerprint density at radius 1 is 0.517 bits per heavy atom. The molecule has 3 nitrogen and oxygen atoms in total. The zero-order chi connectivity index (χ0) is 20.8. The smallest absolute Gasteiger partial charge is 0.0431 e. The summed E-state index contributed by atoms with van der Waals surface area (Å²) in [5.74, 6) is 0. The van der Waals surface area contributed by atoms with Gasteiger partial charge in [-0.25, -0.2) is 0 Å². The quantitative estimate of drug-likeness (QED) is 0.168. The summed E-state index contributed by atoms with van der Waals surface area (Å²) in [5.41, 5.74) is 1.29. The summed E-state index contributed by atoms with van der Waals surface area (Å²) in [7, 11) is 0. The Kier molecular flexibility index (Phi) is 18.4. The summed E-state index contributed by atoms with van der Waals surface area (Å²) in [4.78, 5) is 0. The van der Waals surface area contributed by atoms with E-state index in [-0.39, 0.29) is 0 Å². The van der Waals surface area contributed by atoms with E-state index in [0.29, 0.717) is 6.61 Å². The standard InChI is InChI=1S/C26H47NO2/c28-25-19-14-12-10-8-6-4-2-1-3-5-7-9-11-13-18-23-27(29)24-22-26-20-16-15-17-21-26/h15-17,20-21,28-29H,1-14,18-19,22-25H2. The Bertz CT molecular complexity index is 438. The van der Waals surface area contributed by atoms with Crippen molar-refractivity contribution in [2.24, 2.45) is 0 Å². The number of nitrogens with zero attached hydrogens (tertiary/aromatic N) is 1. The largest absolute Gasteiger partial charge is 0.396 e. The summed E-state index contributed by atoms with van der Waals surface area (Å²) in [6.45, 7) is 1.89. The number of rotatable bonds is 21. The van der Waals surface area contributed by atoms with Crippen molar-refractivity contribution in [1.29, 1.82) is 0 Å². The molecule has 0 bridgehead atoms. The lowest BCUT2D eigenvalue weighted by Crippen LogP contribution is -2.23. The minimum Gasteiger partial charge on any atom is -0.396 e. The van der Waals surface area contributed by atoms with E-state index in [1.807, 2.05) is 6.07 Å². The van der Waals surface area contributed by atoms with Crippen molar-refractivity contribution in [3.05, 3.63) is 35.9 Å². The predicted molar refractivity (Wildman–Crippen MR) is 124 cm³/mol. The molecule has 0 unspecified atom stereocenters. The predicted octanol–water partition coefficient (Wildman–Crippen LogP) is 7.15. The van der Waals surface area contributed by atoms with Gasteiger partial charge in [-0.2, -0.15) is 5.06 Å². The van der Waals surface area contributed by atoms with Gasteiger partial charge >= 0.3 is 0 Å². The first-order chi connectivity index (χ1) is 14.3. The van der Waals surface area contributed by atoms with Crippen molar-refractivity contribution in [3.8, 4) is 0 Å². The fourth-order valence-corrected chi connectivity index (χ4v) is 3.90. The zero-order valence-corrected chi connectivity index (χ0v) is 18.9. The molecule has 0 spiro atoms. The van der Waals surface area contributed by atoms with Crippen LogP contribution in [0.15, 0.2) is 30.3 Å². The molecule has 0 fully saturated rings. The van der Waals surface area contributed by atoms with Crippen LogP contribution in [0, 0.1) is 0 Å². The highest BCUT2D eigenvalue weighted by molar-refractivity contribution is 5.14. The third-order valence-corrected chi connectivity index (χ3v) is 5.83. The molecule has 3 heteroatoms. The van der Waals surface area contributed by atoms with Crippen molar-refractivity contribution in [3.63, 3.8) is 0 Å². The Labute approximate surface area is 180 Å². The van der Waals surface area contributed by atoms with Crippen LogP contribution < -0.4 is 0 Å². The third-order valence-electron chi connectivity index (χ3n) is 5.83. The van der Waals surface area contributed by atoms with Crippen LogP contribution >= 0.6 is 0 Å².